The first kappa shape index (κ1) is 16.2. The fourth-order valence-corrected chi connectivity index (χ4v) is 1.73. The van der Waals surface area contributed by atoms with Crippen molar-refractivity contribution in [3.8, 4) is 0 Å². The van der Waals surface area contributed by atoms with E-state index in [0.717, 1.165) is 5.56 Å². The summed E-state index contributed by atoms with van der Waals surface area (Å²) in [7, 11) is 0. The molecular weight excluding hydrogens is 248 g/mol. The predicted molar refractivity (Wildman–Crippen MR) is 83.4 cm³/mol. The number of rotatable bonds is 7. The van der Waals surface area contributed by atoms with Gasteiger partial charge in [-0.3, -0.25) is 4.79 Å². The number of hydrogen-bond acceptors (Lipinski definition) is 2. The quantitative estimate of drug-likeness (QED) is 0.550. The molecule has 0 aliphatic heterocycles. The molecule has 0 radical (unpaired) electrons. The highest BCUT2D eigenvalue weighted by Gasteiger charge is 2.12. The summed E-state index contributed by atoms with van der Waals surface area (Å²) < 4.78 is 5.34. The number of hydrogen-bond donors (Lipinski definition) is 0. The van der Waals surface area contributed by atoms with Crippen LogP contribution in [0.4, 0.5) is 0 Å². The van der Waals surface area contributed by atoms with Crippen molar-refractivity contribution in [2.45, 2.75) is 27.2 Å². The highest BCUT2D eigenvalue weighted by Crippen LogP contribution is 2.13. The molecule has 0 bridgehead atoms. The lowest BCUT2D eigenvalue weighted by atomic mass is 9.96. The third-order valence-electron chi connectivity index (χ3n) is 3.31. The highest BCUT2D eigenvalue weighted by molar-refractivity contribution is 5.72. The SMILES string of the molecule is C/C=C/C=C/C(C)C(C)COC(=O)Cc1ccccc1. The van der Waals surface area contributed by atoms with Crippen LogP contribution in [0.5, 0.6) is 0 Å². The Balaban J connectivity index is 2.33. The van der Waals surface area contributed by atoms with E-state index in [1.807, 2.05) is 55.5 Å². The van der Waals surface area contributed by atoms with E-state index in [2.05, 4.69) is 19.9 Å². The Morgan fingerprint density at radius 2 is 1.90 bits per heavy atom. The second-order valence-electron chi connectivity index (χ2n) is 5.09. The molecule has 0 fully saturated rings. The van der Waals surface area contributed by atoms with E-state index in [4.69, 9.17) is 4.74 Å². The molecule has 1 rings (SSSR count). The van der Waals surface area contributed by atoms with Gasteiger partial charge in [0.25, 0.3) is 0 Å². The summed E-state index contributed by atoms with van der Waals surface area (Å²) in [6, 6.07) is 9.68. The van der Waals surface area contributed by atoms with Crippen LogP contribution in [0, 0.1) is 11.8 Å². The van der Waals surface area contributed by atoms with Gasteiger partial charge in [0.2, 0.25) is 0 Å². The van der Waals surface area contributed by atoms with Gasteiger partial charge in [0.15, 0.2) is 0 Å². The van der Waals surface area contributed by atoms with Gasteiger partial charge in [0.1, 0.15) is 0 Å². The van der Waals surface area contributed by atoms with Crippen molar-refractivity contribution in [3.63, 3.8) is 0 Å². The van der Waals surface area contributed by atoms with E-state index in [9.17, 15) is 4.79 Å². The van der Waals surface area contributed by atoms with Crippen molar-refractivity contribution < 1.29 is 9.53 Å². The van der Waals surface area contributed by atoms with Gasteiger partial charge in [-0.2, -0.15) is 0 Å². The smallest absolute Gasteiger partial charge is 0.310 e. The largest absolute Gasteiger partial charge is 0.465 e. The Labute approximate surface area is 122 Å². The summed E-state index contributed by atoms with van der Waals surface area (Å²) >= 11 is 0. The van der Waals surface area contributed by atoms with Crippen molar-refractivity contribution >= 4 is 5.97 Å². The van der Waals surface area contributed by atoms with E-state index in [-0.39, 0.29) is 5.97 Å². The van der Waals surface area contributed by atoms with Gasteiger partial charge in [-0.1, -0.05) is 68.5 Å². The molecule has 2 atom stereocenters. The Morgan fingerprint density at radius 3 is 2.55 bits per heavy atom. The molecule has 0 amide bonds. The van der Waals surface area contributed by atoms with E-state index >= 15 is 0 Å². The van der Waals surface area contributed by atoms with Crippen LogP contribution in [0.25, 0.3) is 0 Å². The second kappa shape index (κ2) is 9.13. The summed E-state index contributed by atoms with van der Waals surface area (Å²) in [6.07, 6.45) is 8.51. The van der Waals surface area contributed by atoms with Crippen LogP contribution in [-0.2, 0) is 16.0 Å². The van der Waals surface area contributed by atoms with Crippen molar-refractivity contribution in [3.05, 3.63) is 60.2 Å². The molecule has 0 aliphatic carbocycles. The molecule has 1 aromatic carbocycles. The molecule has 0 aliphatic rings. The molecule has 108 valence electrons. The van der Waals surface area contributed by atoms with Gasteiger partial charge >= 0.3 is 5.97 Å². The number of esters is 1. The Hall–Kier alpha value is -1.83. The van der Waals surface area contributed by atoms with Crippen LogP contribution in [-0.4, -0.2) is 12.6 Å². The van der Waals surface area contributed by atoms with Crippen molar-refractivity contribution in [1.29, 1.82) is 0 Å². The fourth-order valence-electron chi connectivity index (χ4n) is 1.73. The van der Waals surface area contributed by atoms with Gasteiger partial charge in [0, 0.05) is 0 Å². The van der Waals surface area contributed by atoms with Crippen molar-refractivity contribution in [2.24, 2.45) is 11.8 Å². The zero-order valence-electron chi connectivity index (χ0n) is 12.6. The first-order valence-corrected chi connectivity index (χ1v) is 7.12. The van der Waals surface area contributed by atoms with E-state index in [1.54, 1.807) is 0 Å². The fraction of sp³-hybridized carbons (Fsp3) is 0.389. The molecule has 0 saturated heterocycles. The van der Waals surface area contributed by atoms with Crippen LogP contribution in [0.15, 0.2) is 54.6 Å². The molecule has 2 unspecified atom stereocenters. The van der Waals surface area contributed by atoms with Gasteiger partial charge < -0.3 is 4.74 Å². The molecule has 0 aromatic heterocycles. The lowest BCUT2D eigenvalue weighted by Gasteiger charge is -2.16. The maximum absolute atomic E-state index is 11.7. The lowest BCUT2D eigenvalue weighted by molar-refractivity contribution is -0.144. The zero-order valence-corrected chi connectivity index (χ0v) is 12.6. The van der Waals surface area contributed by atoms with Crippen LogP contribution < -0.4 is 0 Å². The maximum Gasteiger partial charge on any atom is 0.310 e. The summed E-state index contributed by atoms with van der Waals surface area (Å²) in [5, 5.41) is 0. The molecule has 0 heterocycles. The Kier molecular flexibility index (Phi) is 7.41. The number of carbonyl (C=O) groups is 1. The standard InChI is InChI=1S/C18H24O2/c1-4-5-7-10-15(2)16(3)14-20-18(19)13-17-11-8-6-9-12-17/h4-12,15-16H,13-14H2,1-3H3/b5-4+,10-7+. The number of allylic oxidation sites excluding steroid dienone is 4. The van der Waals surface area contributed by atoms with E-state index in [0.29, 0.717) is 24.9 Å². The van der Waals surface area contributed by atoms with Crippen molar-refractivity contribution in [2.75, 3.05) is 6.61 Å². The zero-order chi connectivity index (χ0) is 14.8. The minimum absolute atomic E-state index is 0.160. The normalized spacial score (nSPS) is 14.6. The van der Waals surface area contributed by atoms with Crippen LogP contribution >= 0.6 is 0 Å². The molecule has 1 aromatic rings. The summed E-state index contributed by atoms with van der Waals surface area (Å²) in [5.41, 5.74) is 0.992. The molecule has 0 spiro atoms. The Bertz CT molecular complexity index is 446. The molecule has 20 heavy (non-hydrogen) atoms. The summed E-state index contributed by atoms with van der Waals surface area (Å²) in [6.45, 7) is 6.69. The molecule has 0 saturated carbocycles. The van der Waals surface area contributed by atoms with E-state index < -0.39 is 0 Å². The highest BCUT2D eigenvalue weighted by atomic mass is 16.5. The van der Waals surface area contributed by atoms with Crippen LogP contribution in [0.2, 0.25) is 0 Å². The third kappa shape index (κ3) is 6.37. The van der Waals surface area contributed by atoms with E-state index in [1.165, 1.54) is 0 Å². The average molecular weight is 272 g/mol. The first-order chi connectivity index (χ1) is 9.63. The summed E-state index contributed by atoms with van der Waals surface area (Å²) in [4.78, 5) is 11.7. The second-order valence-corrected chi connectivity index (χ2v) is 5.09. The van der Waals surface area contributed by atoms with Gasteiger partial charge in [-0.25, -0.2) is 0 Å². The van der Waals surface area contributed by atoms with Gasteiger partial charge in [-0.05, 0) is 24.3 Å². The number of benzene rings is 1. The molecule has 2 heteroatoms. The lowest BCUT2D eigenvalue weighted by Crippen LogP contribution is -2.17. The number of carbonyl (C=O) groups excluding carboxylic acids is 1. The first-order valence-electron chi connectivity index (χ1n) is 7.12. The molecule has 0 N–H and O–H groups in total. The maximum atomic E-state index is 11.7. The number of ether oxygens (including phenoxy) is 1. The van der Waals surface area contributed by atoms with Gasteiger partial charge in [-0.15, -0.1) is 0 Å². The minimum Gasteiger partial charge on any atom is -0.465 e. The topological polar surface area (TPSA) is 26.3 Å². The third-order valence-corrected chi connectivity index (χ3v) is 3.31. The average Bonchev–Trinajstić information content (AvgIpc) is 2.46. The molecular formula is C18H24O2. The molecule has 2 nitrogen and oxygen atoms in total. The Morgan fingerprint density at radius 1 is 1.20 bits per heavy atom. The monoisotopic (exact) mass is 272 g/mol. The van der Waals surface area contributed by atoms with Crippen LogP contribution in [0.1, 0.15) is 26.3 Å². The van der Waals surface area contributed by atoms with Crippen molar-refractivity contribution in [1.82, 2.24) is 0 Å². The predicted octanol–water partition coefficient (Wildman–Crippen LogP) is 4.18. The van der Waals surface area contributed by atoms with Gasteiger partial charge in [0.05, 0.1) is 13.0 Å². The summed E-state index contributed by atoms with van der Waals surface area (Å²) in [5.74, 6) is 0.541. The minimum atomic E-state index is -0.160. The van der Waals surface area contributed by atoms with Crippen LogP contribution in [0.3, 0.4) is 0 Å².